The highest BCUT2D eigenvalue weighted by atomic mass is 16.5. The van der Waals surface area contributed by atoms with Crippen LogP contribution >= 0.6 is 0 Å². The summed E-state index contributed by atoms with van der Waals surface area (Å²) in [6, 6.07) is 3.47. The first-order valence-electron chi connectivity index (χ1n) is 5.56. The first-order chi connectivity index (χ1) is 8.06. The van der Waals surface area contributed by atoms with Gasteiger partial charge < -0.3 is 9.09 Å². The van der Waals surface area contributed by atoms with Crippen LogP contribution in [0.15, 0.2) is 27.6 Å². The molecule has 0 fully saturated rings. The third kappa shape index (κ3) is 2.61. The van der Waals surface area contributed by atoms with Crippen molar-refractivity contribution in [1.29, 1.82) is 0 Å². The van der Waals surface area contributed by atoms with Crippen LogP contribution in [0.1, 0.15) is 37.0 Å². The van der Waals surface area contributed by atoms with Gasteiger partial charge in [0.25, 0.3) is 5.56 Å². The number of aryl methyl sites for hydroxylation is 1. The largest absolute Gasteiger partial charge is 0.339 e. The first-order valence-corrected chi connectivity index (χ1v) is 5.56. The molecule has 0 N–H and O–H groups in total. The Morgan fingerprint density at radius 2 is 2.24 bits per heavy atom. The quantitative estimate of drug-likeness (QED) is 0.809. The maximum Gasteiger partial charge on any atom is 0.251 e. The van der Waals surface area contributed by atoms with Gasteiger partial charge >= 0.3 is 0 Å². The summed E-state index contributed by atoms with van der Waals surface area (Å²) in [6.45, 7) is 6.19. The number of nitrogens with zero attached hydrogens (tertiary/aromatic N) is 3. The molecule has 0 aliphatic heterocycles. The molecule has 5 nitrogen and oxygen atoms in total. The molecule has 0 amide bonds. The number of rotatable bonds is 3. The summed E-state index contributed by atoms with van der Waals surface area (Å²) in [7, 11) is 0. The Balaban J connectivity index is 2.22. The fourth-order valence-corrected chi connectivity index (χ4v) is 1.46. The minimum absolute atomic E-state index is 0.0547. The van der Waals surface area contributed by atoms with Gasteiger partial charge in [0, 0.05) is 18.2 Å². The zero-order chi connectivity index (χ0) is 12.4. The standard InChI is InChI=1S/C12H15N3O2/c1-8(2)12-13-10(14-17-12)7-15-5-4-9(3)6-11(15)16/h4-6,8H,7H2,1-3H3. The third-order valence-electron chi connectivity index (χ3n) is 2.44. The van der Waals surface area contributed by atoms with E-state index in [4.69, 9.17) is 4.52 Å². The Hall–Kier alpha value is -1.91. The number of hydrogen-bond acceptors (Lipinski definition) is 4. The molecule has 0 aromatic carbocycles. The third-order valence-corrected chi connectivity index (χ3v) is 2.44. The van der Waals surface area contributed by atoms with E-state index in [1.807, 2.05) is 26.8 Å². The SMILES string of the molecule is Cc1ccn(Cc2noc(C(C)C)n2)c(=O)c1. The van der Waals surface area contributed by atoms with Crippen molar-refractivity contribution in [2.24, 2.45) is 0 Å². The predicted molar refractivity (Wildman–Crippen MR) is 62.9 cm³/mol. The van der Waals surface area contributed by atoms with Gasteiger partial charge in [-0.15, -0.1) is 0 Å². The van der Waals surface area contributed by atoms with Gasteiger partial charge in [-0.05, 0) is 18.6 Å². The zero-order valence-corrected chi connectivity index (χ0v) is 10.2. The molecule has 0 bridgehead atoms. The number of hydrogen-bond donors (Lipinski definition) is 0. The van der Waals surface area contributed by atoms with E-state index in [9.17, 15) is 4.79 Å². The molecule has 5 heteroatoms. The van der Waals surface area contributed by atoms with E-state index in [0.29, 0.717) is 18.3 Å². The van der Waals surface area contributed by atoms with Gasteiger partial charge in [-0.1, -0.05) is 19.0 Å². The molecule has 0 radical (unpaired) electrons. The van der Waals surface area contributed by atoms with Crippen molar-refractivity contribution in [2.75, 3.05) is 0 Å². The molecular formula is C12H15N3O2. The summed E-state index contributed by atoms with van der Waals surface area (Å²) < 4.78 is 6.64. The van der Waals surface area contributed by atoms with Crippen molar-refractivity contribution in [1.82, 2.24) is 14.7 Å². The van der Waals surface area contributed by atoms with Gasteiger partial charge in [-0.25, -0.2) is 0 Å². The monoisotopic (exact) mass is 233 g/mol. The topological polar surface area (TPSA) is 60.9 Å². The molecule has 0 aliphatic rings. The maximum atomic E-state index is 11.7. The molecular weight excluding hydrogens is 218 g/mol. The molecule has 2 heterocycles. The Morgan fingerprint density at radius 3 is 2.82 bits per heavy atom. The van der Waals surface area contributed by atoms with Crippen LogP contribution in [0.25, 0.3) is 0 Å². The molecule has 0 unspecified atom stereocenters. The van der Waals surface area contributed by atoms with Crippen LogP contribution in [-0.2, 0) is 6.54 Å². The lowest BCUT2D eigenvalue weighted by Gasteiger charge is -2.01. The molecule has 17 heavy (non-hydrogen) atoms. The van der Waals surface area contributed by atoms with Crippen LogP contribution in [0, 0.1) is 6.92 Å². The molecule has 0 spiro atoms. The van der Waals surface area contributed by atoms with Crippen molar-refractivity contribution in [3.8, 4) is 0 Å². The normalized spacial score (nSPS) is 11.1. The molecule has 0 aliphatic carbocycles. The summed E-state index contributed by atoms with van der Waals surface area (Å²) in [4.78, 5) is 15.9. The van der Waals surface area contributed by atoms with Gasteiger partial charge in [-0.2, -0.15) is 4.98 Å². The Morgan fingerprint density at radius 1 is 1.47 bits per heavy atom. The van der Waals surface area contributed by atoms with Crippen molar-refractivity contribution in [3.05, 3.63) is 46.0 Å². The Bertz CT molecular complexity index is 569. The fourth-order valence-electron chi connectivity index (χ4n) is 1.46. The minimum Gasteiger partial charge on any atom is -0.339 e. The number of pyridine rings is 1. The smallest absolute Gasteiger partial charge is 0.251 e. The Labute approximate surface area is 99.1 Å². The van der Waals surface area contributed by atoms with E-state index < -0.39 is 0 Å². The highest BCUT2D eigenvalue weighted by molar-refractivity contribution is 5.08. The lowest BCUT2D eigenvalue weighted by atomic mass is 10.2. The molecule has 0 atom stereocenters. The second-order valence-electron chi connectivity index (χ2n) is 4.37. The lowest BCUT2D eigenvalue weighted by molar-refractivity contribution is 0.359. The Kier molecular flexibility index (Phi) is 3.08. The highest BCUT2D eigenvalue weighted by Gasteiger charge is 2.10. The fraction of sp³-hybridized carbons (Fsp3) is 0.417. The molecule has 90 valence electrons. The molecule has 0 saturated carbocycles. The van der Waals surface area contributed by atoms with E-state index in [1.54, 1.807) is 16.8 Å². The van der Waals surface area contributed by atoms with Crippen LogP contribution in [-0.4, -0.2) is 14.7 Å². The summed E-state index contributed by atoms with van der Waals surface area (Å²) in [5.74, 6) is 1.32. The summed E-state index contributed by atoms with van der Waals surface area (Å²) in [5, 5.41) is 3.85. The minimum atomic E-state index is -0.0547. The van der Waals surface area contributed by atoms with Gasteiger partial charge in [0.1, 0.15) is 0 Å². The lowest BCUT2D eigenvalue weighted by Crippen LogP contribution is -2.19. The zero-order valence-electron chi connectivity index (χ0n) is 10.2. The van der Waals surface area contributed by atoms with E-state index >= 15 is 0 Å². The molecule has 2 rings (SSSR count). The molecule has 2 aromatic rings. The van der Waals surface area contributed by atoms with Gasteiger partial charge in [-0.3, -0.25) is 4.79 Å². The van der Waals surface area contributed by atoms with Crippen LogP contribution in [0.2, 0.25) is 0 Å². The van der Waals surface area contributed by atoms with Crippen molar-refractivity contribution in [3.63, 3.8) is 0 Å². The highest BCUT2D eigenvalue weighted by Crippen LogP contribution is 2.10. The second-order valence-corrected chi connectivity index (χ2v) is 4.37. The van der Waals surface area contributed by atoms with Crippen LogP contribution in [0.5, 0.6) is 0 Å². The maximum absolute atomic E-state index is 11.7. The summed E-state index contributed by atoms with van der Waals surface area (Å²) in [5.41, 5.74) is 0.892. The number of aromatic nitrogens is 3. The average molecular weight is 233 g/mol. The van der Waals surface area contributed by atoms with E-state index in [1.165, 1.54) is 0 Å². The van der Waals surface area contributed by atoms with Gasteiger partial charge in [0.2, 0.25) is 5.89 Å². The van der Waals surface area contributed by atoms with Crippen molar-refractivity contribution < 1.29 is 4.52 Å². The van der Waals surface area contributed by atoms with Crippen molar-refractivity contribution in [2.45, 2.75) is 33.2 Å². The van der Waals surface area contributed by atoms with Crippen LogP contribution in [0.4, 0.5) is 0 Å². The van der Waals surface area contributed by atoms with Gasteiger partial charge in [0.15, 0.2) is 5.82 Å². The van der Waals surface area contributed by atoms with E-state index in [2.05, 4.69) is 10.1 Å². The predicted octanol–water partition coefficient (Wildman–Crippen LogP) is 1.71. The van der Waals surface area contributed by atoms with Crippen LogP contribution < -0.4 is 5.56 Å². The second kappa shape index (κ2) is 4.53. The summed E-state index contributed by atoms with van der Waals surface area (Å²) in [6.07, 6.45) is 1.74. The molecule has 0 saturated heterocycles. The van der Waals surface area contributed by atoms with Crippen LogP contribution in [0.3, 0.4) is 0 Å². The first kappa shape index (κ1) is 11.6. The van der Waals surface area contributed by atoms with Crippen molar-refractivity contribution >= 4 is 0 Å². The van der Waals surface area contributed by atoms with E-state index in [-0.39, 0.29) is 11.5 Å². The molecule has 2 aromatic heterocycles. The van der Waals surface area contributed by atoms with E-state index in [0.717, 1.165) is 5.56 Å². The average Bonchev–Trinajstić information content (AvgIpc) is 2.71. The summed E-state index contributed by atoms with van der Waals surface area (Å²) >= 11 is 0. The van der Waals surface area contributed by atoms with Gasteiger partial charge in [0.05, 0.1) is 6.54 Å².